The average Bonchev–Trinajstić information content (AvgIpc) is 2.76. The number of halogens is 2. The van der Waals surface area contributed by atoms with E-state index in [1.54, 1.807) is 18.2 Å². The minimum atomic E-state index is -0.476. The van der Waals surface area contributed by atoms with Crippen LogP contribution in [0.4, 0.5) is 5.69 Å². The zero-order valence-corrected chi connectivity index (χ0v) is 13.8. The van der Waals surface area contributed by atoms with Gasteiger partial charge in [0.2, 0.25) is 0 Å². The van der Waals surface area contributed by atoms with Crippen LogP contribution in [0.25, 0.3) is 0 Å². The van der Waals surface area contributed by atoms with E-state index in [0.29, 0.717) is 10.4 Å². The number of thiophene rings is 1. The molecule has 2 rings (SSSR count). The smallest absolute Gasteiger partial charge is 0.348 e. The zero-order valence-electron chi connectivity index (χ0n) is 9.84. The zero-order chi connectivity index (χ0) is 14.7. The van der Waals surface area contributed by atoms with Gasteiger partial charge in [0.15, 0.2) is 0 Å². The molecular formula is C12H7Br2NO4S. The fourth-order valence-electron chi connectivity index (χ4n) is 1.38. The highest BCUT2D eigenvalue weighted by atomic mass is 79.9. The van der Waals surface area contributed by atoms with E-state index < -0.39 is 10.9 Å². The Bertz CT molecular complexity index is 634. The highest BCUT2D eigenvalue weighted by Crippen LogP contribution is 2.32. The van der Waals surface area contributed by atoms with Crippen molar-refractivity contribution in [3.05, 3.63) is 59.1 Å². The molecule has 1 aromatic heterocycles. The summed E-state index contributed by atoms with van der Waals surface area (Å²) >= 11 is 7.87. The van der Waals surface area contributed by atoms with Crippen molar-refractivity contribution in [3.8, 4) is 0 Å². The number of nitro benzene ring substituents is 1. The van der Waals surface area contributed by atoms with Gasteiger partial charge >= 0.3 is 5.97 Å². The standard InChI is InChI=1S/C12H7Br2NO4S/c13-9-5-10(20-11(9)14)12(16)19-6-7-1-3-8(4-2-7)15(17)18/h1-5H,6H2. The molecule has 5 nitrogen and oxygen atoms in total. The normalized spacial score (nSPS) is 10.3. The summed E-state index contributed by atoms with van der Waals surface area (Å²) in [5, 5.41) is 10.5. The first kappa shape index (κ1) is 15.1. The maximum atomic E-state index is 11.8. The van der Waals surface area contributed by atoms with E-state index in [4.69, 9.17) is 4.74 Å². The Morgan fingerprint density at radius 1 is 1.30 bits per heavy atom. The summed E-state index contributed by atoms with van der Waals surface area (Å²) in [6, 6.07) is 7.55. The topological polar surface area (TPSA) is 69.4 Å². The van der Waals surface area contributed by atoms with E-state index in [0.717, 1.165) is 8.26 Å². The molecule has 20 heavy (non-hydrogen) atoms. The number of ether oxygens (including phenoxy) is 1. The molecular weight excluding hydrogens is 414 g/mol. The monoisotopic (exact) mass is 419 g/mol. The van der Waals surface area contributed by atoms with Gasteiger partial charge in [-0.3, -0.25) is 10.1 Å². The van der Waals surface area contributed by atoms with Crippen LogP contribution >= 0.6 is 43.2 Å². The second kappa shape index (κ2) is 6.47. The second-order valence-electron chi connectivity index (χ2n) is 3.73. The number of carbonyl (C=O) groups is 1. The van der Waals surface area contributed by atoms with Crippen LogP contribution in [0.15, 0.2) is 38.6 Å². The third kappa shape index (κ3) is 3.65. The van der Waals surface area contributed by atoms with Gasteiger partial charge in [0.1, 0.15) is 11.5 Å². The van der Waals surface area contributed by atoms with E-state index in [-0.39, 0.29) is 12.3 Å². The summed E-state index contributed by atoms with van der Waals surface area (Å²) in [7, 11) is 0. The lowest BCUT2D eigenvalue weighted by Gasteiger charge is -2.03. The van der Waals surface area contributed by atoms with Crippen molar-refractivity contribution in [2.24, 2.45) is 0 Å². The maximum Gasteiger partial charge on any atom is 0.348 e. The van der Waals surface area contributed by atoms with Crippen molar-refractivity contribution < 1.29 is 14.5 Å². The minimum Gasteiger partial charge on any atom is -0.457 e. The lowest BCUT2D eigenvalue weighted by atomic mass is 10.2. The van der Waals surface area contributed by atoms with Gasteiger partial charge in [-0.25, -0.2) is 4.79 Å². The highest BCUT2D eigenvalue weighted by Gasteiger charge is 2.13. The Kier molecular flexibility index (Phi) is 4.90. The number of benzene rings is 1. The number of nitrogens with zero attached hydrogens (tertiary/aromatic N) is 1. The van der Waals surface area contributed by atoms with Gasteiger partial charge in [-0.2, -0.15) is 0 Å². The van der Waals surface area contributed by atoms with Gasteiger partial charge in [0, 0.05) is 16.6 Å². The van der Waals surface area contributed by atoms with Crippen LogP contribution in [0.3, 0.4) is 0 Å². The first-order valence-corrected chi connectivity index (χ1v) is 7.73. The van der Waals surface area contributed by atoms with Crippen LogP contribution in [0.5, 0.6) is 0 Å². The Morgan fingerprint density at radius 2 is 1.95 bits per heavy atom. The van der Waals surface area contributed by atoms with Crippen LogP contribution in [0.2, 0.25) is 0 Å². The molecule has 0 aliphatic rings. The molecule has 0 saturated heterocycles. The molecule has 1 heterocycles. The fraction of sp³-hybridized carbons (Fsp3) is 0.0833. The summed E-state index contributed by atoms with van der Waals surface area (Å²) in [4.78, 5) is 22.3. The number of esters is 1. The molecule has 0 N–H and O–H groups in total. The number of nitro groups is 1. The Morgan fingerprint density at radius 3 is 2.45 bits per heavy atom. The molecule has 1 aromatic carbocycles. The quantitative estimate of drug-likeness (QED) is 0.413. The van der Waals surface area contributed by atoms with Crippen LogP contribution in [0.1, 0.15) is 15.2 Å². The molecule has 8 heteroatoms. The predicted octanol–water partition coefficient (Wildman–Crippen LogP) is 4.54. The summed E-state index contributed by atoms with van der Waals surface area (Å²) in [5.41, 5.74) is 0.699. The Balaban J connectivity index is 1.98. The van der Waals surface area contributed by atoms with E-state index >= 15 is 0 Å². The van der Waals surface area contributed by atoms with E-state index in [2.05, 4.69) is 31.9 Å². The molecule has 0 radical (unpaired) electrons. The molecule has 0 bridgehead atoms. The largest absolute Gasteiger partial charge is 0.457 e. The molecule has 2 aromatic rings. The lowest BCUT2D eigenvalue weighted by molar-refractivity contribution is -0.384. The van der Waals surface area contributed by atoms with E-state index in [9.17, 15) is 14.9 Å². The third-order valence-electron chi connectivity index (χ3n) is 2.36. The van der Waals surface area contributed by atoms with E-state index in [1.807, 2.05) is 0 Å². The van der Waals surface area contributed by atoms with E-state index in [1.165, 1.54) is 23.5 Å². The molecule has 0 fully saturated rings. The molecule has 104 valence electrons. The summed E-state index contributed by atoms with van der Waals surface area (Å²) in [5.74, 6) is -0.431. The predicted molar refractivity (Wildman–Crippen MR) is 81.9 cm³/mol. The van der Waals surface area contributed by atoms with Crippen molar-refractivity contribution in [2.45, 2.75) is 6.61 Å². The number of hydrogen-bond donors (Lipinski definition) is 0. The average molecular weight is 421 g/mol. The third-order valence-corrected chi connectivity index (χ3v) is 5.60. The summed E-state index contributed by atoms with van der Waals surface area (Å²) < 4.78 is 6.76. The van der Waals surface area contributed by atoms with Gasteiger partial charge in [-0.15, -0.1) is 11.3 Å². The Labute approximate surface area is 135 Å². The first-order chi connectivity index (χ1) is 9.47. The SMILES string of the molecule is O=C(OCc1ccc([N+](=O)[O-])cc1)c1cc(Br)c(Br)s1. The van der Waals surface area contributed by atoms with Crippen molar-refractivity contribution in [2.75, 3.05) is 0 Å². The van der Waals surface area contributed by atoms with Crippen LogP contribution in [-0.2, 0) is 11.3 Å². The molecule has 0 saturated carbocycles. The van der Waals surface area contributed by atoms with Gasteiger partial charge in [0.25, 0.3) is 5.69 Å². The molecule has 0 aliphatic heterocycles. The molecule has 0 unspecified atom stereocenters. The number of hydrogen-bond acceptors (Lipinski definition) is 5. The molecule has 0 atom stereocenters. The molecule has 0 aliphatic carbocycles. The van der Waals surface area contributed by atoms with Gasteiger partial charge < -0.3 is 4.74 Å². The van der Waals surface area contributed by atoms with Gasteiger partial charge in [0.05, 0.1) is 8.71 Å². The Hall–Kier alpha value is -1.25. The van der Waals surface area contributed by atoms with Crippen LogP contribution in [0, 0.1) is 10.1 Å². The van der Waals surface area contributed by atoms with Crippen molar-refractivity contribution in [1.29, 1.82) is 0 Å². The van der Waals surface area contributed by atoms with Gasteiger partial charge in [-0.1, -0.05) is 0 Å². The molecule has 0 spiro atoms. The second-order valence-corrected chi connectivity index (χ2v) is 6.96. The highest BCUT2D eigenvalue weighted by molar-refractivity contribution is 9.13. The maximum absolute atomic E-state index is 11.8. The van der Waals surface area contributed by atoms with Crippen LogP contribution in [-0.4, -0.2) is 10.9 Å². The summed E-state index contributed by atoms with van der Waals surface area (Å²) in [6.45, 7) is 0.0734. The van der Waals surface area contributed by atoms with Crippen molar-refractivity contribution in [3.63, 3.8) is 0 Å². The van der Waals surface area contributed by atoms with Crippen molar-refractivity contribution in [1.82, 2.24) is 0 Å². The number of non-ortho nitro benzene ring substituents is 1. The lowest BCUT2D eigenvalue weighted by Crippen LogP contribution is -2.03. The molecule has 0 amide bonds. The summed E-state index contributed by atoms with van der Waals surface area (Å²) in [6.07, 6.45) is 0. The first-order valence-electron chi connectivity index (χ1n) is 5.32. The number of carbonyl (C=O) groups excluding carboxylic acids is 1. The number of rotatable bonds is 4. The fourth-order valence-corrected chi connectivity index (χ4v) is 3.31. The van der Waals surface area contributed by atoms with Crippen LogP contribution < -0.4 is 0 Å². The van der Waals surface area contributed by atoms with Gasteiger partial charge in [-0.05, 0) is 55.6 Å². The van der Waals surface area contributed by atoms with Crippen molar-refractivity contribution >= 4 is 54.9 Å². The minimum absolute atomic E-state index is 0.00574.